The molecule has 1 fully saturated rings. The Balaban J connectivity index is 1.80. The minimum Gasteiger partial charge on any atom is -0.382 e. The highest BCUT2D eigenvalue weighted by Crippen LogP contribution is 2.39. The summed E-state index contributed by atoms with van der Waals surface area (Å²) in [5, 5.41) is 7.86. The van der Waals surface area contributed by atoms with Crippen molar-refractivity contribution in [3.05, 3.63) is 51.9 Å². The largest absolute Gasteiger partial charge is 0.382 e. The van der Waals surface area contributed by atoms with E-state index in [-0.39, 0.29) is 16.0 Å². The molecule has 0 atom stereocenters. The van der Waals surface area contributed by atoms with E-state index >= 15 is 0 Å². The maximum absolute atomic E-state index is 12.6. The lowest BCUT2D eigenvalue weighted by Gasteiger charge is -2.32. The van der Waals surface area contributed by atoms with Crippen LogP contribution in [0, 0.1) is 5.41 Å². The van der Waals surface area contributed by atoms with Crippen LogP contribution in [0.5, 0.6) is 0 Å². The van der Waals surface area contributed by atoms with Crippen LogP contribution in [-0.2, 0) is 0 Å². The van der Waals surface area contributed by atoms with Crippen LogP contribution in [0.2, 0.25) is 5.02 Å². The van der Waals surface area contributed by atoms with Crippen molar-refractivity contribution in [1.82, 2.24) is 14.7 Å². The molecule has 0 spiro atoms. The lowest BCUT2D eigenvalue weighted by molar-refractivity contribution is 0.215. The summed E-state index contributed by atoms with van der Waals surface area (Å²) in [4.78, 5) is 14.8. The maximum atomic E-state index is 12.6. The zero-order chi connectivity index (χ0) is 17.9. The molecule has 1 aromatic carbocycles. The summed E-state index contributed by atoms with van der Waals surface area (Å²) < 4.78 is 1.33. The first kappa shape index (κ1) is 18.0. The summed E-state index contributed by atoms with van der Waals surface area (Å²) in [6.07, 6.45) is 6.57. The Morgan fingerprint density at radius 3 is 2.56 bits per heavy atom. The lowest BCUT2D eigenvalue weighted by atomic mass is 9.85. The van der Waals surface area contributed by atoms with Gasteiger partial charge in [-0.15, -0.1) is 0 Å². The molecule has 0 bridgehead atoms. The number of aromatic nitrogens is 2. The van der Waals surface area contributed by atoms with Gasteiger partial charge in [0.05, 0.1) is 17.6 Å². The van der Waals surface area contributed by atoms with Crippen LogP contribution in [0.4, 0.5) is 5.69 Å². The molecule has 0 amide bonds. The van der Waals surface area contributed by atoms with Crippen LogP contribution in [-0.4, -0.2) is 41.9 Å². The monoisotopic (exact) mass is 360 g/mol. The van der Waals surface area contributed by atoms with E-state index in [9.17, 15) is 4.79 Å². The first-order chi connectivity index (χ1) is 12.0. The normalized spacial score (nSPS) is 16.3. The zero-order valence-electron chi connectivity index (χ0n) is 14.8. The quantitative estimate of drug-likeness (QED) is 0.857. The fourth-order valence-electron chi connectivity index (χ4n) is 3.78. The molecule has 1 aliphatic carbocycles. The van der Waals surface area contributed by atoms with Gasteiger partial charge < -0.3 is 10.2 Å². The Bertz CT molecular complexity index is 767. The van der Waals surface area contributed by atoms with Crippen molar-refractivity contribution in [3.8, 4) is 5.69 Å². The topological polar surface area (TPSA) is 50.2 Å². The number of nitrogens with one attached hydrogen (secondary N) is 1. The van der Waals surface area contributed by atoms with E-state index in [1.807, 2.05) is 30.3 Å². The van der Waals surface area contributed by atoms with Crippen molar-refractivity contribution >= 4 is 17.3 Å². The molecule has 1 aliphatic rings. The van der Waals surface area contributed by atoms with Crippen LogP contribution in [0.1, 0.15) is 25.7 Å². The van der Waals surface area contributed by atoms with E-state index in [0.29, 0.717) is 11.4 Å². The van der Waals surface area contributed by atoms with Crippen LogP contribution in [0.15, 0.2) is 41.3 Å². The molecule has 3 rings (SSSR count). The van der Waals surface area contributed by atoms with E-state index in [1.54, 1.807) is 6.20 Å². The maximum Gasteiger partial charge on any atom is 0.292 e. The van der Waals surface area contributed by atoms with E-state index < -0.39 is 0 Å². The third-order valence-corrected chi connectivity index (χ3v) is 5.25. The van der Waals surface area contributed by atoms with Gasteiger partial charge in [-0.2, -0.15) is 9.78 Å². The second-order valence-electron chi connectivity index (χ2n) is 7.22. The summed E-state index contributed by atoms with van der Waals surface area (Å²) in [6.45, 7) is 1.84. The highest BCUT2D eigenvalue weighted by atomic mass is 35.5. The predicted octanol–water partition coefficient (Wildman–Crippen LogP) is 3.42. The Morgan fingerprint density at radius 2 is 1.92 bits per heavy atom. The smallest absolute Gasteiger partial charge is 0.292 e. The van der Waals surface area contributed by atoms with Gasteiger partial charge in [0.1, 0.15) is 5.02 Å². The fourth-order valence-corrected chi connectivity index (χ4v) is 3.97. The highest BCUT2D eigenvalue weighted by molar-refractivity contribution is 6.32. The number of para-hydroxylation sites is 1. The van der Waals surface area contributed by atoms with Crippen LogP contribution in [0.25, 0.3) is 5.69 Å². The van der Waals surface area contributed by atoms with Crippen molar-refractivity contribution in [3.63, 3.8) is 0 Å². The molecule has 1 saturated carbocycles. The van der Waals surface area contributed by atoms with Crippen LogP contribution in [0.3, 0.4) is 0 Å². The summed E-state index contributed by atoms with van der Waals surface area (Å²) in [5.74, 6) is 0. The van der Waals surface area contributed by atoms with E-state index in [0.717, 1.165) is 13.1 Å². The van der Waals surface area contributed by atoms with Gasteiger partial charge in [-0.25, -0.2) is 0 Å². The fraction of sp³-hybridized carbons (Fsp3) is 0.474. The van der Waals surface area contributed by atoms with E-state index in [4.69, 9.17) is 11.6 Å². The third kappa shape index (κ3) is 4.05. The van der Waals surface area contributed by atoms with Gasteiger partial charge in [0.2, 0.25) is 0 Å². The number of hydrogen-bond donors (Lipinski definition) is 1. The van der Waals surface area contributed by atoms with Gasteiger partial charge in [-0.05, 0) is 39.1 Å². The van der Waals surface area contributed by atoms with Gasteiger partial charge in [0.15, 0.2) is 0 Å². The molecule has 5 nitrogen and oxygen atoms in total. The first-order valence-electron chi connectivity index (χ1n) is 8.73. The number of anilines is 1. The molecule has 1 heterocycles. The summed E-state index contributed by atoms with van der Waals surface area (Å²) in [5.41, 5.74) is 1.26. The van der Waals surface area contributed by atoms with Gasteiger partial charge in [-0.1, -0.05) is 42.6 Å². The minimum absolute atomic E-state index is 0.192. The van der Waals surface area contributed by atoms with Gasteiger partial charge in [0.25, 0.3) is 5.56 Å². The highest BCUT2D eigenvalue weighted by Gasteiger charge is 2.34. The Labute approximate surface area is 153 Å². The molecular formula is C19H25ClN4O. The zero-order valence-corrected chi connectivity index (χ0v) is 15.6. The lowest BCUT2D eigenvalue weighted by Crippen LogP contribution is -2.37. The number of benzene rings is 1. The Hall–Kier alpha value is -1.85. The molecule has 0 unspecified atom stereocenters. The van der Waals surface area contributed by atoms with Crippen molar-refractivity contribution < 1.29 is 0 Å². The summed E-state index contributed by atoms with van der Waals surface area (Å²) in [6, 6.07) is 9.31. The third-order valence-electron chi connectivity index (χ3n) is 4.89. The molecule has 0 saturated heterocycles. The van der Waals surface area contributed by atoms with Crippen molar-refractivity contribution in [1.29, 1.82) is 0 Å². The van der Waals surface area contributed by atoms with Crippen LogP contribution >= 0.6 is 11.6 Å². The van der Waals surface area contributed by atoms with Crippen molar-refractivity contribution in [2.75, 3.05) is 32.5 Å². The average molecular weight is 361 g/mol. The van der Waals surface area contributed by atoms with Crippen molar-refractivity contribution in [2.24, 2.45) is 5.41 Å². The van der Waals surface area contributed by atoms with Gasteiger partial charge >= 0.3 is 0 Å². The number of hydrogen-bond acceptors (Lipinski definition) is 4. The molecule has 2 aromatic rings. The SMILES string of the molecule is CN(C)CC1(CNc2cnn(-c3ccccc3)c(=O)c2Cl)CCCC1. The molecule has 0 radical (unpaired) electrons. The summed E-state index contributed by atoms with van der Waals surface area (Å²) in [7, 11) is 4.21. The molecular weight excluding hydrogens is 336 g/mol. The summed E-state index contributed by atoms with van der Waals surface area (Å²) >= 11 is 6.34. The predicted molar refractivity (Wildman–Crippen MR) is 103 cm³/mol. The first-order valence-corrected chi connectivity index (χ1v) is 9.10. The Morgan fingerprint density at radius 1 is 1.24 bits per heavy atom. The number of nitrogens with zero attached hydrogens (tertiary/aromatic N) is 3. The Kier molecular flexibility index (Phi) is 5.45. The molecule has 0 aliphatic heterocycles. The standard InChI is InChI=1S/C19H25ClN4O/c1-23(2)14-19(10-6-7-11-19)13-21-16-12-22-24(18(25)17(16)20)15-8-4-3-5-9-15/h3-5,8-9,12,21H,6-7,10-11,13-14H2,1-2H3. The van der Waals surface area contributed by atoms with Gasteiger partial charge in [0, 0.05) is 18.5 Å². The van der Waals surface area contributed by atoms with E-state index in [2.05, 4.69) is 29.4 Å². The molecule has 25 heavy (non-hydrogen) atoms. The molecule has 1 aromatic heterocycles. The van der Waals surface area contributed by atoms with Crippen LogP contribution < -0.4 is 10.9 Å². The molecule has 6 heteroatoms. The molecule has 1 N–H and O–H groups in total. The van der Waals surface area contributed by atoms with Gasteiger partial charge in [-0.3, -0.25) is 4.79 Å². The van der Waals surface area contributed by atoms with Crippen molar-refractivity contribution in [2.45, 2.75) is 25.7 Å². The second kappa shape index (κ2) is 7.58. The number of halogens is 1. The molecule has 134 valence electrons. The average Bonchev–Trinajstić information content (AvgIpc) is 3.05. The minimum atomic E-state index is -0.300. The van der Waals surface area contributed by atoms with E-state index in [1.165, 1.54) is 30.4 Å². The second-order valence-corrected chi connectivity index (χ2v) is 7.60. The number of rotatable bonds is 6.